The van der Waals surface area contributed by atoms with Crippen molar-refractivity contribution in [3.63, 3.8) is 0 Å². The van der Waals surface area contributed by atoms with Crippen LogP contribution in [-0.4, -0.2) is 17.0 Å². The lowest BCUT2D eigenvalue weighted by Gasteiger charge is -2.17. The number of aryl methyl sites for hydroxylation is 3. The molecule has 1 aromatic heterocycles. The van der Waals surface area contributed by atoms with Crippen molar-refractivity contribution >= 4 is 17.3 Å². The number of hydrogen-bond donors (Lipinski definition) is 1. The van der Waals surface area contributed by atoms with Crippen molar-refractivity contribution in [1.29, 1.82) is 5.26 Å². The first-order valence-electron chi connectivity index (χ1n) is 8.73. The smallest absolute Gasteiger partial charge is 0.207 e. The van der Waals surface area contributed by atoms with Gasteiger partial charge in [0, 0.05) is 23.5 Å². The summed E-state index contributed by atoms with van der Waals surface area (Å²) in [6.07, 6.45) is 3.70. The number of nitrogens with one attached hydrogen (secondary N) is 1. The molecule has 1 N–H and O–H groups in total. The predicted molar refractivity (Wildman–Crippen MR) is 97.8 cm³/mol. The fourth-order valence-corrected chi connectivity index (χ4v) is 3.49. The number of benzene rings is 1. The Morgan fingerprint density at radius 2 is 2.12 bits per heavy atom. The number of amides is 1. The van der Waals surface area contributed by atoms with E-state index in [1.54, 1.807) is 0 Å². The van der Waals surface area contributed by atoms with Gasteiger partial charge in [0.25, 0.3) is 0 Å². The zero-order chi connectivity index (χ0) is 17.7. The fourth-order valence-electron chi connectivity index (χ4n) is 3.49. The third kappa shape index (κ3) is 3.79. The molecule has 0 fully saturated rings. The second-order valence-corrected chi connectivity index (χ2v) is 6.74. The zero-order valence-electron chi connectivity index (χ0n) is 15.1. The van der Waals surface area contributed by atoms with Crippen LogP contribution >= 0.6 is 0 Å². The molecule has 1 heterocycles. The van der Waals surface area contributed by atoms with Crippen LogP contribution in [0.2, 0.25) is 0 Å². The summed E-state index contributed by atoms with van der Waals surface area (Å²) in [6, 6.07) is 8.86. The van der Waals surface area contributed by atoms with Gasteiger partial charge in [0.05, 0.1) is 0 Å². The van der Waals surface area contributed by atoms with Crippen LogP contribution in [0.25, 0.3) is 10.9 Å². The maximum absolute atomic E-state index is 10.5. The van der Waals surface area contributed by atoms with Gasteiger partial charge in [-0.25, -0.2) is 0 Å². The standard InChI is InChI=1S/C20H27N3O/c1-5-17-6-7-20-19(16(17)4)11-18(12-21)23(20)9-8-14(2)10-15(3)22-13-24/h6-7,11,13-15H,5,8-10H2,1-4H3,(H,22,24). The molecule has 4 nitrogen and oxygen atoms in total. The number of aromatic nitrogens is 1. The Morgan fingerprint density at radius 1 is 1.38 bits per heavy atom. The Morgan fingerprint density at radius 3 is 2.75 bits per heavy atom. The van der Waals surface area contributed by atoms with Crippen molar-refractivity contribution in [2.45, 2.75) is 59.5 Å². The molecule has 2 aromatic rings. The van der Waals surface area contributed by atoms with Gasteiger partial charge >= 0.3 is 0 Å². The van der Waals surface area contributed by atoms with Gasteiger partial charge in [-0.05, 0) is 62.3 Å². The number of nitrogens with zero attached hydrogens (tertiary/aromatic N) is 2. The molecule has 128 valence electrons. The van der Waals surface area contributed by atoms with Crippen LogP contribution in [0.1, 0.15) is 50.4 Å². The highest BCUT2D eigenvalue weighted by Gasteiger charge is 2.14. The molecule has 0 saturated carbocycles. The summed E-state index contributed by atoms with van der Waals surface area (Å²) < 4.78 is 2.14. The van der Waals surface area contributed by atoms with E-state index in [0.717, 1.165) is 43.4 Å². The van der Waals surface area contributed by atoms with Crippen molar-refractivity contribution in [3.8, 4) is 6.07 Å². The average molecular weight is 325 g/mol. The molecule has 0 saturated heterocycles. The lowest BCUT2D eigenvalue weighted by Crippen LogP contribution is -2.26. The SMILES string of the molecule is CCc1ccc2c(cc(C#N)n2CCC(C)CC(C)NC=O)c1C. The number of carbonyl (C=O) groups excluding carboxylic acids is 1. The van der Waals surface area contributed by atoms with Crippen molar-refractivity contribution in [3.05, 3.63) is 35.0 Å². The highest BCUT2D eigenvalue weighted by atomic mass is 16.1. The first-order valence-corrected chi connectivity index (χ1v) is 8.73. The van der Waals surface area contributed by atoms with Crippen molar-refractivity contribution in [2.24, 2.45) is 5.92 Å². The minimum atomic E-state index is 0.184. The van der Waals surface area contributed by atoms with E-state index in [4.69, 9.17) is 0 Å². The number of fused-ring (bicyclic) bond motifs is 1. The van der Waals surface area contributed by atoms with Gasteiger partial charge in [-0.1, -0.05) is 19.9 Å². The number of carbonyl (C=O) groups is 1. The zero-order valence-corrected chi connectivity index (χ0v) is 15.1. The van der Waals surface area contributed by atoms with Crippen LogP contribution in [0.15, 0.2) is 18.2 Å². The molecule has 4 heteroatoms. The van der Waals surface area contributed by atoms with E-state index in [1.807, 2.05) is 13.0 Å². The van der Waals surface area contributed by atoms with Crippen molar-refractivity contribution in [2.75, 3.05) is 0 Å². The minimum Gasteiger partial charge on any atom is -0.356 e. The second-order valence-electron chi connectivity index (χ2n) is 6.74. The van der Waals surface area contributed by atoms with Gasteiger partial charge < -0.3 is 9.88 Å². The lowest BCUT2D eigenvalue weighted by molar-refractivity contribution is -0.110. The molecule has 1 amide bonds. The van der Waals surface area contributed by atoms with Crippen molar-refractivity contribution < 1.29 is 4.79 Å². The summed E-state index contributed by atoms with van der Waals surface area (Å²) >= 11 is 0. The topological polar surface area (TPSA) is 57.8 Å². The van der Waals surface area contributed by atoms with Crippen LogP contribution < -0.4 is 5.32 Å². The van der Waals surface area contributed by atoms with E-state index < -0.39 is 0 Å². The molecule has 0 spiro atoms. The van der Waals surface area contributed by atoms with Gasteiger partial charge in [0.1, 0.15) is 11.8 Å². The third-order valence-electron chi connectivity index (χ3n) is 4.92. The van der Waals surface area contributed by atoms with E-state index in [1.165, 1.54) is 16.5 Å². The average Bonchev–Trinajstić information content (AvgIpc) is 2.92. The summed E-state index contributed by atoms with van der Waals surface area (Å²) in [7, 11) is 0. The Kier molecular flexibility index (Phi) is 6.03. The molecular weight excluding hydrogens is 298 g/mol. The van der Waals surface area contributed by atoms with E-state index in [-0.39, 0.29) is 6.04 Å². The molecule has 0 bridgehead atoms. The van der Waals surface area contributed by atoms with Gasteiger partial charge in [0.15, 0.2) is 0 Å². The molecule has 2 atom stereocenters. The Balaban J connectivity index is 2.21. The molecule has 24 heavy (non-hydrogen) atoms. The molecule has 0 aliphatic heterocycles. The Labute approximate surface area is 144 Å². The third-order valence-corrected chi connectivity index (χ3v) is 4.92. The first kappa shape index (κ1) is 18.1. The maximum atomic E-state index is 10.5. The summed E-state index contributed by atoms with van der Waals surface area (Å²) in [5.41, 5.74) is 4.49. The molecule has 0 aliphatic rings. The highest BCUT2D eigenvalue weighted by molar-refractivity contribution is 5.86. The molecular formula is C20H27N3O. The largest absolute Gasteiger partial charge is 0.356 e. The van der Waals surface area contributed by atoms with Crippen LogP contribution in [0.5, 0.6) is 0 Å². The van der Waals surface area contributed by atoms with Crippen LogP contribution in [-0.2, 0) is 17.8 Å². The Bertz CT molecular complexity index is 754. The number of rotatable bonds is 8. The van der Waals surface area contributed by atoms with Crippen LogP contribution in [0.3, 0.4) is 0 Å². The van der Waals surface area contributed by atoms with E-state index >= 15 is 0 Å². The second kappa shape index (κ2) is 8.01. The number of hydrogen-bond acceptors (Lipinski definition) is 2. The normalized spacial score (nSPS) is 13.5. The minimum absolute atomic E-state index is 0.184. The number of nitriles is 1. The van der Waals surface area contributed by atoms with Gasteiger partial charge in [0.2, 0.25) is 6.41 Å². The predicted octanol–water partition coefficient (Wildman–Crippen LogP) is 3.93. The van der Waals surface area contributed by atoms with Gasteiger partial charge in [-0.15, -0.1) is 0 Å². The monoisotopic (exact) mass is 325 g/mol. The Hall–Kier alpha value is -2.28. The van der Waals surface area contributed by atoms with Crippen LogP contribution in [0.4, 0.5) is 0 Å². The quantitative estimate of drug-likeness (QED) is 0.748. The van der Waals surface area contributed by atoms with Crippen LogP contribution in [0, 0.1) is 24.2 Å². The summed E-state index contributed by atoms with van der Waals surface area (Å²) in [5, 5.41) is 13.5. The van der Waals surface area contributed by atoms with E-state index in [0.29, 0.717) is 5.92 Å². The molecule has 0 radical (unpaired) electrons. The van der Waals surface area contributed by atoms with E-state index in [2.05, 4.69) is 48.9 Å². The first-order chi connectivity index (χ1) is 11.5. The van der Waals surface area contributed by atoms with Gasteiger partial charge in [-0.2, -0.15) is 5.26 Å². The summed E-state index contributed by atoms with van der Waals surface area (Å²) in [4.78, 5) is 10.5. The molecule has 2 unspecified atom stereocenters. The fraction of sp³-hybridized carbons (Fsp3) is 0.500. The highest BCUT2D eigenvalue weighted by Crippen LogP contribution is 2.27. The van der Waals surface area contributed by atoms with E-state index in [9.17, 15) is 10.1 Å². The summed E-state index contributed by atoms with van der Waals surface area (Å²) in [6.45, 7) is 9.34. The van der Waals surface area contributed by atoms with Gasteiger partial charge in [-0.3, -0.25) is 4.79 Å². The molecule has 2 rings (SSSR count). The molecule has 1 aromatic carbocycles. The summed E-state index contributed by atoms with van der Waals surface area (Å²) in [5.74, 6) is 0.479. The maximum Gasteiger partial charge on any atom is 0.207 e. The lowest BCUT2D eigenvalue weighted by atomic mass is 9.99. The molecule has 0 aliphatic carbocycles. The van der Waals surface area contributed by atoms with Crippen molar-refractivity contribution in [1.82, 2.24) is 9.88 Å².